The molecule has 0 heterocycles. The molecular weight excluding hydrogens is 382 g/mol. The number of hydrogen-bond acceptors (Lipinski definition) is 4. The van der Waals surface area contributed by atoms with Crippen LogP contribution in [0.3, 0.4) is 0 Å². The van der Waals surface area contributed by atoms with Gasteiger partial charge >= 0.3 is 0 Å². The fourth-order valence-electron chi connectivity index (χ4n) is 2.72. The second-order valence-electron chi connectivity index (χ2n) is 6.90. The van der Waals surface area contributed by atoms with Crippen LogP contribution in [0, 0.1) is 11.8 Å². The lowest BCUT2D eigenvalue weighted by Crippen LogP contribution is -2.43. The van der Waals surface area contributed by atoms with Gasteiger partial charge in [-0.2, -0.15) is 0 Å². The predicted octanol–water partition coefficient (Wildman–Crippen LogP) is 5.72. The van der Waals surface area contributed by atoms with Gasteiger partial charge in [-0.15, -0.1) is 11.8 Å². The van der Waals surface area contributed by atoms with E-state index in [1.54, 1.807) is 18.7 Å². The lowest BCUT2D eigenvalue weighted by atomic mass is 9.95. The highest BCUT2D eigenvalue weighted by Crippen LogP contribution is 2.22. The molecule has 166 valence electrons. The molecule has 4 nitrogen and oxygen atoms in total. The molecule has 0 aliphatic carbocycles. The predicted molar refractivity (Wildman–Crippen MR) is 125 cm³/mol. The van der Waals surface area contributed by atoms with Crippen molar-refractivity contribution in [1.29, 1.82) is 0 Å². The van der Waals surface area contributed by atoms with Crippen molar-refractivity contribution in [1.82, 2.24) is 5.32 Å². The highest BCUT2D eigenvalue weighted by Gasteiger charge is 2.24. The maximum atomic E-state index is 12.5. The lowest BCUT2D eigenvalue weighted by Gasteiger charge is -2.20. The van der Waals surface area contributed by atoms with E-state index in [-0.39, 0.29) is 43.2 Å². The zero-order chi connectivity index (χ0) is 21.7. The number of benzene rings is 1. The highest BCUT2D eigenvalue weighted by atomic mass is 32.2. The minimum absolute atomic E-state index is 0. The van der Waals surface area contributed by atoms with E-state index in [2.05, 4.69) is 23.7 Å². The number of carbonyl (C=O) groups is 3. The van der Waals surface area contributed by atoms with E-state index in [4.69, 9.17) is 0 Å². The van der Waals surface area contributed by atoms with Crippen LogP contribution in [0.5, 0.6) is 0 Å². The SMILES string of the molecule is C.CC.CCC(NC(=O)C(C)CCc1ccccc1SC)C(=O)CC(C)C(C)=O. The zero-order valence-corrected chi connectivity index (χ0v) is 19.3. The maximum absolute atomic E-state index is 12.5. The van der Waals surface area contributed by atoms with Crippen LogP contribution >= 0.6 is 11.8 Å². The third-order valence-electron chi connectivity index (χ3n) is 4.80. The van der Waals surface area contributed by atoms with Crippen LogP contribution in [-0.4, -0.2) is 29.8 Å². The van der Waals surface area contributed by atoms with E-state index in [9.17, 15) is 14.4 Å². The summed E-state index contributed by atoms with van der Waals surface area (Å²) in [6, 6.07) is 7.71. The molecule has 0 saturated carbocycles. The summed E-state index contributed by atoms with van der Waals surface area (Å²) in [5, 5.41) is 2.87. The topological polar surface area (TPSA) is 63.2 Å². The standard InChI is InChI=1S/C21H31NO3S.C2H6.CH4/c1-6-18(19(24)13-15(3)16(4)23)22-21(25)14(2)11-12-17-9-7-8-10-20(17)26-5;1-2;/h7-10,14-15,18H,6,11-13H2,1-5H3,(H,22,25);1-2H3;1H4. The van der Waals surface area contributed by atoms with E-state index in [1.807, 2.05) is 39.8 Å². The second kappa shape index (κ2) is 16.2. The summed E-state index contributed by atoms with van der Waals surface area (Å²) in [7, 11) is 0. The van der Waals surface area contributed by atoms with Crippen molar-refractivity contribution < 1.29 is 14.4 Å². The first-order valence-electron chi connectivity index (χ1n) is 10.3. The van der Waals surface area contributed by atoms with Gasteiger partial charge in [0, 0.05) is 23.2 Å². The van der Waals surface area contributed by atoms with Crippen LogP contribution in [0.2, 0.25) is 0 Å². The third-order valence-corrected chi connectivity index (χ3v) is 5.64. The van der Waals surface area contributed by atoms with Crippen molar-refractivity contribution in [2.75, 3.05) is 6.26 Å². The summed E-state index contributed by atoms with van der Waals surface area (Å²) in [6.07, 6.45) is 4.34. The Hall–Kier alpha value is -1.62. The summed E-state index contributed by atoms with van der Waals surface area (Å²) >= 11 is 1.71. The molecule has 5 heteroatoms. The van der Waals surface area contributed by atoms with E-state index < -0.39 is 6.04 Å². The number of amides is 1. The Morgan fingerprint density at radius 1 is 1.07 bits per heavy atom. The average molecular weight is 424 g/mol. The number of carbonyl (C=O) groups excluding carboxylic acids is 3. The van der Waals surface area contributed by atoms with Crippen LogP contribution in [0.25, 0.3) is 0 Å². The Labute approximate surface area is 182 Å². The monoisotopic (exact) mass is 423 g/mol. The molecule has 0 radical (unpaired) electrons. The van der Waals surface area contributed by atoms with Crippen molar-refractivity contribution in [3.8, 4) is 0 Å². The van der Waals surface area contributed by atoms with Gasteiger partial charge in [0.15, 0.2) is 5.78 Å². The van der Waals surface area contributed by atoms with Crippen LogP contribution < -0.4 is 5.32 Å². The number of rotatable bonds is 11. The second-order valence-corrected chi connectivity index (χ2v) is 7.75. The Balaban J connectivity index is 0. The minimum Gasteiger partial charge on any atom is -0.346 e. The van der Waals surface area contributed by atoms with Gasteiger partial charge in [0.2, 0.25) is 5.91 Å². The molecule has 0 bridgehead atoms. The fourth-order valence-corrected chi connectivity index (χ4v) is 3.37. The van der Waals surface area contributed by atoms with Gasteiger partial charge < -0.3 is 5.32 Å². The van der Waals surface area contributed by atoms with E-state index in [0.29, 0.717) is 6.42 Å². The first-order chi connectivity index (χ1) is 13.3. The molecule has 1 rings (SSSR count). The number of nitrogens with one attached hydrogen (secondary N) is 1. The molecule has 29 heavy (non-hydrogen) atoms. The number of Topliss-reactive ketones (excluding diaryl/α,β-unsaturated/α-hetero) is 2. The third kappa shape index (κ3) is 10.6. The van der Waals surface area contributed by atoms with Crippen molar-refractivity contribution in [3.63, 3.8) is 0 Å². The number of thioether (sulfide) groups is 1. The van der Waals surface area contributed by atoms with Gasteiger partial charge in [-0.1, -0.05) is 60.2 Å². The van der Waals surface area contributed by atoms with Gasteiger partial charge in [-0.25, -0.2) is 0 Å². The Morgan fingerprint density at radius 2 is 1.66 bits per heavy atom. The summed E-state index contributed by atoms with van der Waals surface area (Å²) < 4.78 is 0. The van der Waals surface area contributed by atoms with E-state index >= 15 is 0 Å². The smallest absolute Gasteiger partial charge is 0.223 e. The molecule has 1 N–H and O–H groups in total. The van der Waals surface area contributed by atoms with Gasteiger partial charge in [0.05, 0.1) is 6.04 Å². The molecule has 0 saturated heterocycles. The maximum Gasteiger partial charge on any atom is 0.223 e. The normalized spacial score (nSPS) is 13.1. The van der Waals surface area contributed by atoms with Crippen LogP contribution in [0.15, 0.2) is 29.2 Å². The quantitative estimate of drug-likeness (QED) is 0.462. The van der Waals surface area contributed by atoms with Crippen molar-refractivity contribution in [2.24, 2.45) is 11.8 Å². The summed E-state index contributed by atoms with van der Waals surface area (Å²) in [5.74, 6) is -0.628. The molecule has 0 spiro atoms. The fraction of sp³-hybridized carbons (Fsp3) is 0.625. The summed E-state index contributed by atoms with van der Waals surface area (Å²) in [6.45, 7) is 11.0. The number of aryl methyl sites for hydroxylation is 1. The molecule has 1 aromatic carbocycles. The van der Waals surface area contributed by atoms with Crippen molar-refractivity contribution in [2.45, 2.75) is 85.6 Å². The Bertz CT molecular complexity index is 630. The molecule has 0 fully saturated rings. The highest BCUT2D eigenvalue weighted by molar-refractivity contribution is 7.98. The molecule has 0 aliphatic heterocycles. The molecule has 1 amide bonds. The van der Waals surface area contributed by atoms with E-state index in [0.717, 1.165) is 12.8 Å². The van der Waals surface area contributed by atoms with Crippen molar-refractivity contribution in [3.05, 3.63) is 29.8 Å². The van der Waals surface area contributed by atoms with Gasteiger partial charge in [0.1, 0.15) is 5.78 Å². The lowest BCUT2D eigenvalue weighted by molar-refractivity contribution is -0.131. The molecule has 1 aromatic rings. The molecule has 3 atom stereocenters. The van der Waals surface area contributed by atoms with Crippen molar-refractivity contribution >= 4 is 29.2 Å². The summed E-state index contributed by atoms with van der Waals surface area (Å²) in [5.41, 5.74) is 1.25. The zero-order valence-electron chi connectivity index (χ0n) is 18.5. The molecule has 0 aromatic heterocycles. The summed E-state index contributed by atoms with van der Waals surface area (Å²) in [4.78, 5) is 37.4. The molecule has 3 unspecified atom stereocenters. The van der Waals surface area contributed by atoms with Crippen LogP contribution in [0.1, 0.15) is 73.8 Å². The van der Waals surface area contributed by atoms with Gasteiger partial charge in [-0.3, -0.25) is 14.4 Å². The van der Waals surface area contributed by atoms with Crippen LogP contribution in [0.4, 0.5) is 0 Å². The Kier molecular flexibility index (Phi) is 16.5. The first kappa shape index (κ1) is 29.6. The van der Waals surface area contributed by atoms with Gasteiger partial charge in [0.25, 0.3) is 0 Å². The Morgan fingerprint density at radius 3 is 2.17 bits per heavy atom. The largest absolute Gasteiger partial charge is 0.346 e. The number of ketones is 2. The van der Waals surface area contributed by atoms with Gasteiger partial charge in [-0.05, 0) is 44.1 Å². The number of hydrogen-bond donors (Lipinski definition) is 1. The minimum atomic E-state index is -0.509. The first-order valence-corrected chi connectivity index (χ1v) is 11.5. The van der Waals surface area contributed by atoms with E-state index in [1.165, 1.54) is 17.4 Å². The average Bonchev–Trinajstić information content (AvgIpc) is 2.71. The molecule has 0 aliphatic rings. The molecular formula is C24H41NO3S. The van der Waals surface area contributed by atoms with Crippen LogP contribution in [-0.2, 0) is 20.8 Å².